The van der Waals surface area contributed by atoms with E-state index in [2.05, 4.69) is 10.1 Å². The molecule has 0 saturated carbocycles. The minimum absolute atomic E-state index is 0.181. The zero-order valence-electron chi connectivity index (χ0n) is 8.86. The van der Waals surface area contributed by atoms with Crippen LogP contribution in [0.2, 0.25) is 0 Å². The van der Waals surface area contributed by atoms with Crippen LogP contribution in [0.5, 0.6) is 0 Å². The zero-order valence-corrected chi connectivity index (χ0v) is 9.68. The lowest BCUT2D eigenvalue weighted by atomic mass is 10.2. The Hall–Kier alpha value is -2.15. The minimum atomic E-state index is -0.988. The third-order valence-corrected chi connectivity index (χ3v) is 3.22. The molecule has 0 radical (unpaired) electrons. The number of imidazole rings is 1. The fourth-order valence-electron chi connectivity index (χ4n) is 1.74. The Balaban J connectivity index is 2.29. The highest BCUT2D eigenvalue weighted by atomic mass is 32.1. The second-order valence-electron chi connectivity index (χ2n) is 3.57. The standard InChI is InChI=1S/C10H8N4O2S/c1-13-5-6(9(15)16)8(12-13)7-4-11-10-14(7)2-3-17-10/h2-5H,1H3,(H,15,16). The highest BCUT2D eigenvalue weighted by molar-refractivity contribution is 7.15. The molecule has 1 N–H and O–H groups in total. The van der Waals surface area contributed by atoms with Gasteiger partial charge in [0, 0.05) is 24.8 Å². The van der Waals surface area contributed by atoms with Crippen LogP contribution < -0.4 is 0 Å². The molecule has 0 aliphatic rings. The van der Waals surface area contributed by atoms with Gasteiger partial charge in [-0.3, -0.25) is 9.08 Å². The number of carbonyl (C=O) groups is 1. The Morgan fingerprint density at radius 2 is 2.35 bits per heavy atom. The summed E-state index contributed by atoms with van der Waals surface area (Å²) in [7, 11) is 1.70. The van der Waals surface area contributed by atoms with E-state index in [0.717, 1.165) is 4.96 Å². The molecule has 0 bridgehead atoms. The van der Waals surface area contributed by atoms with Crippen molar-refractivity contribution in [3.63, 3.8) is 0 Å². The zero-order chi connectivity index (χ0) is 12.0. The molecule has 86 valence electrons. The average molecular weight is 248 g/mol. The summed E-state index contributed by atoms with van der Waals surface area (Å²) in [6.07, 6.45) is 4.98. The van der Waals surface area contributed by atoms with Crippen LogP contribution in [0.3, 0.4) is 0 Å². The Kier molecular flexibility index (Phi) is 2.02. The maximum Gasteiger partial charge on any atom is 0.339 e. The number of carboxylic acid groups (broad SMARTS) is 1. The van der Waals surface area contributed by atoms with Crippen molar-refractivity contribution in [3.05, 3.63) is 29.5 Å². The van der Waals surface area contributed by atoms with Gasteiger partial charge in [-0.05, 0) is 0 Å². The fraction of sp³-hybridized carbons (Fsp3) is 0.100. The normalized spacial score (nSPS) is 11.1. The van der Waals surface area contributed by atoms with E-state index >= 15 is 0 Å². The summed E-state index contributed by atoms with van der Waals surface area (Å²) >= 11 is 1.49. The van der Waals surface area contributed by atoms with Gasteiger partial charge in [0.25, 0.3) is 0 Å². The van der Waals surface area contributed by atoms with Gasteiger partial charge in [-0.15, -0.1) is 11.3 Å². The van der Waals surface area contributed by atoms with Crippen LogP contribution in [-0.2, 0) is 7.05 Å². The first-order valence-corrected chi connectivity index (χ1v) is 5.72. The molecule has 0 atom stereocenters. The predicted octanol–water partition coefficient (Wildman–Crippen LogP) is 1.49. The van der Waals surface area contributed by atoms with Crippen LogP contribution in [0, 0.1) is 0 Å². The molecule has 0 spiro atoms. The molecule has 3 aromatic heterocycles. The van der Waals surface area contributed by atoms with Crippen LogP contribution in [-0.4, -0.2) is 30.2 Å². The van der Waals surface area contributed by atoms with E-state index < -0.39 is 5.97 Å². The van der Waals surface area contributed by atoms with Crippen molar-refractivity contribution in [3.8, 4) is 11.4 Å². The summed E-state index contributed by atoms with van der Waals surface area (Å²) < 4.78 is 3.32. The van der Waals surface area contributed by atoms with E-state index in [-0.39, 0.29) is 5.56 Å². The number of thiazole rings is 1. The largest absolute Gasteiger partial charge is 0.478 e. The second kappa shape index (κ2) is 3.42. The van der Waals surface area contributed by atoms with Gasteiger partial charge in [-0.25, -0.2) is 9.78 Å². The molecule has 0 aliphatic heterocycles. The molecule has 3 heterocycles. The number of fused-ring (bicyclic) bond motifs is 1. The Labute approximate surface area is 99.8 Å². The van der Waals surface area contributed by atoms with E-state index in [0.29, 0.717) is 11.4 Å². The Bertz CT molecular complexity index is 709. The summed E-state index contributed by atoms with van der Waals surface area (Å²) in [6.45, 7) is 0. The van der Waals surface area contributed by atoms with Crippen molar-refractivity contribution in [1.29, 1.82) is 0 Å². The maximum atomic E-state index is 11.1. The number of nitrogens with zero attached hydrogens (tertiary/aromatic N) is 4. The quantitative estimate of drug-likeness (QED) is 0.745. The van der Waals surface area contributed by atoms with Crippen LogP contribution in [0.1, 0.15) is 10.4 Å². The molecule has 0 saturated heterocycles. The first kappa shape index (κ1) is 10.0. The first-order chi connectivity index (χ1) is 8.16. The van der Waals surface area contributed by atoms with Gasteiger partial charge in [0.2, 0.25) is 0 Å². The van der Waals surface area contributed by atoms with Gasteiger partial charge in [0.1, 0.15) is 11.3 Å². The van der Waals surface area contributed by atoms with Crippen LogP contribution in [0.4, 0.5) is 0 Å². The van der Waals surface area contributed by atoms with Gasteiger partial charge in [-0.2, -0.15) is 5.10 Å². The van der Waals surface area contributed by atoms with Crippen LogP contribution in [0.15, 0.2) is 24.0 Å². The highest BCUT2D eigenvalue weighted by Crippen LogP contribution is 2.24. The lowest BCUT2D eigenvalue weighted by Crippen LogP contribution is -1.97. The summed E-state index contributed by atoms with van der Waals surface area (Å²) in [5.74, 6) is -0.988. The SMILES string of the molecule is Cn1cc(C(=O)O)c(-c2cnc3sccn23)n1. The highest BCUT2D eigenvalue weighted by Gasteiger charge is 2.19. The van der Waals surface area contributed by atoms with Gasteiger partial charge >= 0.3 is 5.97 Å². The number of hydrogen-bond acceptors (Lipinski definition) is 4. The Morgan fingerprint density at radius 3 is 3.12 bits per heavy atom. The van der Waals surface area contributed by atoms with E-state index in [1.54, 1.807) is 13.2 Å². The molecule has 0 aromatic carbocycles. The number of aryl methyl sites for hydroxylation is 1. The third-order valence-electron chi connectivity index (χ3n) is 2.45. The number of hydrogen-bond donors (Lipinski definition) is 1. The molecule has 0 fully saturated rings. The molecular weight excluding hydrogens is 240 g/mol. The molecular formula is C10H8N4O2S. The van der Waals surface area contributed by atoms with Gasteiger partial charge < -0.3 is 5.11 Å². The average Bonchev–Trinajstić information content (AvgIpc) is 2.89. The number of rotatable bonds is 2. The Morgan fingerprint density at radius 1 is 1.53 bits per heavy atom. The van der Waals surface area contributed by atoms with Crippen LogP contribution in [0.25, 0.3) is 16.3 Å². The molecule has 3 rings (SSSR count). The van der Waals surface area contributed by atoms with E-state index in [1.165, 1.54) is 22.2 Å². The van der Waals surface area contributed by atoms with Crippen LogP contribution >= 0.6 is 11.3 Å². The lowest BCUT2D eigenvalue weighted by molar-refractivity contribution is 0.0697. The first-order valence-electron chi connectivity index (χ1n) is 4.84. The summed E-state index contributed by atoms with van der Waals surface area (Å²) in [5, 5.41) is 15.2. The van der Waals surface area contributed by atoms with Crippen molar-refractivity contribution in [2.75, 3.05) is 0 Å². The summed E-state index contributed by atoms with van der Waals surface area (Å²) in [4.78, 5) is 16.1. The molecule has 6 nitrogen and oxygen atoms in total. The second-order valence-corrected chi connectivity index (χ2v) is 4.44. The molecule has 0 amide bonds. The van der Waals surface area contributed by atoms with Gasteiger partial charge in [0.15, 0.2) is 4.96 Å². The number of aromatic nitrogens is 4. The maximum absolute atomic E-state index is 11.1. The summed E-state index contributed by atoms with van der Waals surface area (Å²) in [6, 6.07) is 0. The number of carboxylic acids is 1. The minimum Gasteiger partial charge on any atom is -0.478 e. The van der Waals surface area contributed by atoms with Crippen molar-refractivity contribution >= 4 is 22.3 Å². The molecule has 7 heteroatoms. The lowest BCUT2D eigenvalue weighted by Gasteiger charge is -1.95. The molecule has 0 unspecified atom stereocenters. The third kappa shape index (κ3) is 1.43. The number of aromatic carboxylic acids is 1. The predicted molar refractivity (Wildman–Crippen MR) is 62.2 cm³/mol. The molecule has 17 heavy (non-hydrogen) atoms. The molecule has 3 aromatic rings. The molecule has 0 aliphatic carbocycles. The summed E-state index contributed by atoms with van der Waals surface area (Å²) in [5.41, 5.74) is 1.31. The van der Waals surface area contributed by atoms with E-state index in [9.17, 15) is 4.79 Å². The van der Waals surface area contributed by atoms with Crippen molar-refractivity contribution < 1.29 is 9.90 Å². The van der Waals surface area contributed by atoms with Crippen molar-refractivity contribution in [2.45, 2.75) is 0 Å². The van der Waals surface area contributed by atoms with Crippen molar-refractivity contribution in [1.82, 2.24) is 19.2 Å². The monoisotopic (exact) mass is 248 g/mol. The van der Waals surface area contributed by atoms with Gasteiger partial charge in [0.05, 0.1) is 11.9 Å². The van der Waals surface area contributed by atoms with Gasteiger partial charge in [-0.1, -0.05) is 0 Å². The smallest absolute Gasteiger partial charge is 0.339 e. The van der Waals surface area contributed by atoms with E-state index in [4.69, 9.17) is 5.11 Å². The van der Waals surface area contributed by atoms with Crippen molar-refractivity contribution in [2.24, 2.45) is 7.05 Å². The fourth-order valence-corrected chi connectivity index (χ4v) is 2.43. The van der Waals surface area contributed by atoms with E-state index in [1.807, 2.05) is 16.0 Å². The topological polar surface area (TPSA) is 72.4 Å².